The van der Waals surface area contributed by atoms with Crippen LogP contribution in [0.2, 0.25) is 0 Å². The van der Waals surface area contributed by atoms with Gasteiger partial charge in [-0.3, -0.25) is 4.79 Å². The Bertz CT molecular complexity index is 679. The minimum absolute atomic E-state index is 0.0169. The first-order valence-corrected chi connectivity index (χ1v) is 6.49. The van der Waals surface area contributed by atoms with E-state index in [0.29, 0.717) is 13.2 Å². The van der Waals surface area contributed by atoms with E-state index in [0.717, 1.165) is 0 Å². The van der Waals surface area contributed by atoms with Crippen molar-refractivity contribution in [3.05, 3.63) is 70.8 Å². The van der Waals surface area contributed by atoms with Gasteiger partial charge in [0, 0.05) is 5.56 Å². The van der Waals surface area contributed by atoms with Crippen molar-refractivity contribution in [3.8, 4) is 0 Å². The van der Waals surface area contributed by atoms with Crippen LogP contribution in [0.1, 0.15) is 27.8 Å². The average molecular weight is 290 g/mol. The number of ether oxygens (including phenoxy) is 2. The predicted molar refractivity (Wildman–Crippen MR) is 70.9 cm³/mol. The minimum atomic E-state index is -0.933. The van der Waals surface area contributed by atoms with Crippen LogP contribution in [0.3, 0.4) is 0 Å². The van der Waals surface area contributed by atoms with E-state index in [-0.39, 0.29) is 16.7 Å². The Morgan fingerprint density at radius 3 is 2.24 bits per heavy atom. The van der Waals surface area contributed by atoms with E-state index in [1.165, 1.54) is 36.4 Å². The Labute approximate surface area is 120 Å². The Morgan fingerprint density at radius 1 is 0.905 bits per heavy atom. The van der Waals surface area contributed by atoms with Crippen molar-refractivity contribution in [1.29, 1.82) is 0 Å². The molecule has 0 atom stereocenters. The molecule has 0 amide bonds. The SMILES string of the molecule is O=C(c1ccccc1F)c1cccc(F)c1C1OCCO1. The maximum Gasteiger partial charge on any atom is 0.196 e. The molecule has 108 valence electrons. The summed E-state index contributed by atoms with van der Waals surface area (Å²) in [4.78, 5) is 12.5. The van der Waals surface area contributed by atoms with Gasteiger partial charge in [-0.25, -0.2) is 8.78 Å². The summed E-state index contributed by atoms with van der Waals surface area (Å²) in [5, 5.41) is 0. The van der Waals surface area contributed by atoms with Gasteiger partial charge in [0.25, 0.3) is 0 Å². The van der Waals surface area contributed by atoms with Crippen LogP contribution in [-0.2, 0) is 9.47 Å². The highest BCUT2D eigenvalue weighted by Crippen LogP contribution is 2.30. The monoisotopic (exact) mass is 290 g/mol. The van der Waals surface area contributed by atoms with Crippen LogP contribution >= 0.6 is 0 Å². The van der Waals surface area contributed by atoms with E-state index in [2.05, 4.69) is 0 Å². The van der Waals surface area contributed by atoms with E-state index in [4.69, 9.17) is 9.47 Å². The van der Waals surface area contributed by atoms with Crippen LogP contribution in [0.25, 0.3) is 0 Å². The molecular formula is C16H12F2O3. The summed E-state index contributed by atoms with van der Waals surface area (Å²) >= 11 is 0. The van der Waals surface area contributed by atoms with E-state index >= 15 is 0 Å². The van der Waals surface area contributed by atoms with Crippen molar-refractivity contribution in [1.82, 2.24) is 0 Å². The molecule has 0 unspecified atom stereocenters. The zero-order valence-electron chi connectivity index (χ0n) is 11.0. The van der Waals surface area contributed by atoms with Crippen molar-refractivity contribution in [2.24, 2.45) is 0 Å². The summed E-state index contributed by atoms with van der Waals surface area (Å²) in [5.74, 6) is -1.85. The molecule has 3 nitrogen and oxygen atoms in total. The second kappa shape index (κ2) is 5.71. The molecule has 0 bridgehead atoms. The van der Waals surface area contributed by atoms with Gasteiger partial charge in [0.15, 0.2) is 12.1 Å². The summed E-state index contributed by atoms with van der Waals surface area (Å²) in [6.45, 7) is 0.651. The first-order valence-electron chi connectivity index (χ1n) is 6.49. The summed E-state index contributed by atoms with van der Waals surface area (Å²) in [6, 6.07) is 9.66. The van der Waals surface area contributed by atoms with Gasteiger partial charge < -0.3 is 9.47 Å². The number of halogens is 2. The molecule has 2 aromatic carbocycles. The zero-order chi connectivity index (χ0) is 14.8. The van der Waals surface area contributed by atoms with E-state index in [1.807, 2.05) is 0 Å². The zero-order valence-corrected chi connectivity index (χ0v) is 11.0. The van der Waals surface area contributed by atoms with Gasteiger partial charge in [0.1, 0.15) is 11.6 Å². The van der Waals surface area contributed by atoms with Crippen LogP contribution in [0.5, 0.6) is 0 Å². The molecule has 1 aliphatic heterocycles. The van der Waals surface area contributed by atoms with Crippen LogP contribution in [-0.4, -0.2) is 19.0 Å². The Kier molecular flexibility index (Phi) is 3.77. The lowest BCUT2D eigenvalue weighted by Crippen LogP contribution is -2.13. The Balaban J connectivity index is 2.08. The van der Waals surface area contributed by atoms with Crippen molar-refractivity contribution < 1.29 is 23.0 Å². The van der Waals surface area contributed by atoms with Crippen LogP contribution in [0.15, 0.2) is 42.5 Å². The molecule has 0 spiro atoms. The highest BCUT2D eigenvalue weighted by Gasteiger charge is 2.28. The van der Waals surface area contributed by atoms with Gasteiger partial charge in [-0.15, -0.1) is 0 Å². The predicted octanol–water partition coefficient (Wildman–Crippen LogP) is 3.24. The molecule has 1 aliphatic rings. The van der Waals surface area contributed by atoms with Crippen molar-refractivity contribution in [3.63, 3.8) is 0 Å². The molecule has 21 heavy (non-hydrogen) atoms. The third-order valence-electron chi connectivity index (χ3n) is 3.27. The first-order chi connectivity index (χ1) is 10.2. The quantitative estimate of drug-likeness (QED) is 0.814. The molecule has 0 aromatic heterocycles. The van der Waals surface area contributed by atoms with Crippen LogP contribution in [0.4, 0.5) is 8.78 Å². The molecule has 0 aliphatic carbocycles. The summed E-state index contributed by atoms with van der Waals surface area (Å²) < 4.78 is 38.4. The second-order valence-corrected chi connectivity index (χ2v) is 4.58. The lowest BCUT2D eigenvalue weighted by molar-refractivity contribution is -0.0468. The third kappa shape index (κ3) is 2.57. The number of hydrogen-bond acceptors (Lipinski definition) is 3. The van der Waals surface area contributed by atoms with Crippen LogP contribution < -0.4 is 0 Å². The normalized spacial score (nSPS) is 15.3. The Morgan fingerprint density at radius 2 is 1.52 bits per heavy atom. The minimum Gasteiger partial charge on any atom is -0.346 e. The van der Waals surface area contributed by atoms with Gasteiger partial charge in [0.05, 0.1) is 24.3 Å². The molecule has 5 heteroatoms. The summed E-state index contributed by atoms with van der Waals surface area (Å²) in [5.41, 5.74) is -0.0439. The number of carbonyl (C=O) groups excluding carboxylic acids is 1. The Hall–Kier alpha value is -2.11. The van der Waals surface area contributed by atoms with E-state index < -0.39 is 23.7 Å². The number of hydrogen-bond donors (Lipinski definition) is 0. The number of ketones is 1. The highest BCUT2D eigenvalue weighted by molar-refractivity contribution is 6.10. The highest BCUT2D eigenvalue weighted by atomic mass is 19.1. The molecule has 1 heterocycles. The molecular weight excluding hydrogens is 278 g/mol. The van der Waals surface area contributed by atoms with Crippen LogP contribution in [0, 0.1) is 11.6 Å². The fourth-order valence-electron chi connectivity index (χ4n) is 2.29. The summed E-state index contributed by atoms with van der Waals surface area (Å²) in [7, 11) is 0. The number of carbonyl (C=O) groups is 1. The fourth-order valence-corrected chi connectivity index (χ4v) is 2.29. The second-order valence-electron chi connectivity index (χ2n) is 4.58. The largest absolute Gasteiger partial charge is 0.346 e. The molecule has 0 saturated carbocycles. The topological polar surface area (TPSA) is 35.5 Å². The van der Waals surface area contributed by atoms with Gasteiger partial charge in [-0.05, 0) is 18.2 Å². The van der Waals surface area contributed by atoms with Gasteiger partial charge >= 0.3 is 0 Å². The molecule has 1 saturated heterocycles. The lowest BCUT2D eigenvalue weighted by Gasteiger charge is -2.15. The van der Waals surface area contributed by atoms with Gasteiger partial charge in [-0.1, -0.05) is 24.3 Å². The fraction of sp³-hybridized carbons (Fsp3) is 0.188. The van der Waals surface area contributed by atoms with E-state index in [1.54, 1.807) is 6.07 Å². The van der Waals surface area contributed by atoms with Crippen molar-refractivity contribution >= 4 is 5.78 Å². The summed E-state index contributed by atoms with van der Waals surface area (Å²) in [6.07, 6.45) is -0.933. The van der Waals surface area contributed by atoms with Gasteiger partial charge in [-0.2, -0.15) is 0 Å². The molecule has 1 fully saturated rings. The first kappa shape index (κ1) is 13.9. The molecule has 3 rings (SSSR count). The average Bonchev–Trinajstić information content (AvgIpc) is 3.00. The smallest absolute Gasteiger partial charge is 0.196 e. The maximum atomic E-state index is 14.1. The lowest BCUT2D eigenvalue weighted by atomic mass is 9.97. The van der Waals surface area contributed by atoms with Crippen molar-refractivity contribution in [2.75, 3.05) is 13.2 Å². The molecule has 2 aromatic rings. The number of rotatable bonds is 3. The van der Waals surface area contributed by atoms with E-state index in [9.17, 15) is 13.6 Å². The van der Waals surface area contributed by atoms with Gasteiger partial charge in [0.2, 0.25) is 0 Å². The third-order valence-corrected chi connectivity index (χ3v) is 3.27. The molecule has 0 N–H and O–H groups in total. The molecule has 0 radical (unpaired) electrons. The maximum absolute atomic E-state index is 14.1. The van der Waals surface area contributed by atoms with Crippen molar-refractivity contribution in [2.45, 2.75) is 6.29 Å². The number of benzene rings is 2. The standard InChI is InChI=1S/C16H12F2O3/c17-12-6-2-1-4-10(12)15(19)11-5-3-7-13(18)14(11)16-20-8-9-21-16/h1-7,16H,8-9H2.